The number of nitrogen functional groups attached to an aromatic ring is 1. The summed E-state index contributed by atoms with van der Waals surface area (Å²) >= 11 is 0. The topological polar surface area (TPSA) is 104 Å². The second-order valence-electron chi connectivity index (χ2n) is 5.60. The zero-order valence-corrected chi connectivity index (χ0v) is 17.5. The maximum atomic E-state index is 9.41. The largest absolute Gasteiger partial charge is 0.382 e. The molecule has 2 aromatic rings. The van der Waals surface area contributed by atoms with Crippen LogP contribution in [0, 0.1) is 11.3 Å². The Labute approximate surface area is 171 Å². The smallest absolute Gasteiger partial charge is 0.190 e. The Hall–Kier alpha value is -2.28. The Morgan fingerprint density at radius 2 is 1.96 bits per heavy atom. The van der Waals surface area contributed by atoms with Crippen molar-refractivity contribution < 1.29 is 0 Å². The molecule has 0 unspecified atom stereocenters. The molecule has 0 aliphatic carbocycles. The number of halogens is 1. The van der Waals surface area contributed by atoms with Crippen LogP contribution in [0.25, 0.3) is 5.69 Å². The van der Waals surface area contributed by atoms with Crippen LogP contribution < -0.4 is 16.4 Å². The Balaban J connectivity index is 0.00000338. The van der Waals surface area contributed by atoms with E-state index < -0.39 is 0 Å². The highest BCUT2D eigenvalue weighted by molar-refractivity contribution is 14.0. The van der Waals surface area contributed by atoms with E-state index in [1.54, 1.807) is 11.7 Å². The van der Waals surface area contributed by atoms with Crippen LogP contribution in [-0.2, 0) is 6.42 Å². The molecule has 26 heavy (non-hydrogen) atoms. The standard InChI is InChI=1S/C18H25N7.HI/c1-3-11-22-18(21-2)23-12-7-10-16-15(13-19)17(20)25(24-16)14-8-5-4-6-9-14;/h4-6,8-9H,3,7,10-12,20H2,1-2H3,(H2,21,22,23);1H. The van der Waals surface area contributed by atoms with Crippen LogP contribution in [0.15, 0.2) is 35.3 Å². The highest BCUT2D eigenvalue weighted by Crippen LogP contribution is 2.21. The van der Waals surface area contributed by atoms with Gasteiger partial charge in [0.1, 0.15) is 17.5 Å². The number of nitrogens with two attached hydrogens (primary N) is 1. The Kier molecular flexibility index (Phi) is 9.51. The summed E-state index contributed by atoms with van der Waals surface area (Å²) in [5.74, 6) is 1.17. The molecule has 1 aromatic heterocycles. The summed E-state index contributed by atoms with van der Waals surface area (Å²) in [5.41, 5.74) is 8.14. The molecule has 8 heteroatoms. The fraction of sp³-hybridized carbons (Fsp3) is 0.389. The summed E-state index contributed by atoms with van der Waals surface area (Å²) in [6.45, 7) is 3.74. The van der Waals surface area contributed by atoms with Crippen LogP contribution in [0.5, 0.6) is 0 Å². The number of nitriles is 1. The lowest BCUT2D eigenvalue weighted by atomic mass is 10.1. The molecule has 0 saturated carbocycles. The van der Waals surface area contributed by atoms with Gasteiger partial charge in [-0.1, -0.05) is 25.1 Å². The quantitative estimate of drug-likeness (QED) is 0.251. The number of aromatic nitrogens is 2. The van der Waals surface area contributed by atoms with Gasteiger partial charge in [0, 0.05) is 20.1 Å². The summed E-state index contributed by atoms with van der Waals surface area (Å²) in [4.78, 5) is 4.16. The lowest BCUT2D eigenvalue weighted by molar-refractivity contribution is 0.718. The molecule has 2 rings (SSSR count). The van der Waals surface area contributed by atoms with Gasteiger partial charge in [-0.25, -0.2) is 4.68 Å². The third kappa shape index (κ3) is 5.62. The van der Waals surface area contributed by atoms with Crippen molar-refractivity contribution in [3.05, 3.63) is 41.6 Å². The van der Waals surface area contributed by atoms with Gasteiger partial charge < -0.3 is 16.4 Å². The fourth-order valence-corrected chi connectivity index (χ4v) is 2.47. The second-order valence-corrected chi connectivity index (χ2v) is 5.60. The number of guanidine groups is 1. The third-order valence-electron chi connectivity index (χ3n) is 3.76. The van der Waals surface area contributed by atoms with Crippen molar-refractivity contribution >= 4 is 35.8 Å². The number of para-hydroxylation sites is 1. The molecule has 0 atom stereocenters. The number of nitrogens with zero attached hydrogens (tertiary/aromatic N) is 4. The molecule has 140 valence electrons. The lowest BCUT2D eigenvalue weighted by Crippen LogP contribution is -2.38. The first-order valence-electron chi connectivity index (χ1n) is 8.48. The molecule has 1 aromatic carbocycles. The zero-order chi connectivity index (χ0) is 18.1. The number of aliphatic imine (C=N–C) groups is 1. The number of benzene rings is 1. The van der Waals surface area contributed by atoms with Crippen LogP contribution in [0.4, 0.5) is 5.82 Å². The average molecular weight is 467 g/mol. The molecular weight excluding hydrogens is 441 g/mol. The monoisotopic (exact) mass is 467 g/mol. The lowest BCUT2D eigenvalue weighted by Gasteiger charge is -2.10. The van der Waals surface area contributed by atoms with E-state index >= 15 is 0 Å². The summed E-state index contributed by atoms with van der Waals surface area (Å²) < 4.78 is 1.63. The van der Waals surface area contributed by atoms with Gasteiger partial charge >= 0.3 is 0 Å². The SMILES string of the molecule is CCCNC(=NC)NCCCc1nn(-c2ccccc2)c(N)c1C#N.I. The van der Waals surface area contributed by atoms with Crippen LogP contribution in [-0.4, -0.2) is 35.9 Å². The normalized spacial score (nSPS) is 10.7. The van der Waals surface area contributed by atoms with Crippen molar-refractivity contribution in [3.8, 4) is 11.8 Å². The molecule has 0 radical (unpaired) electrons. The molecule has 1 heterocycles. The van der Waals surface area contributed by atoms with Crippen LogP contribution in [0.3, 0.4) is 0 Å². The number of aryl methyl sites for hydroxylation is 1. The van der Waals surface area contributed by atoms with Gasteiger partial charge in [0.05, 0.1) is 11.4 Å². The van der Waals surface area contributed by atoms with Gasteiger partial charge in [0.25, 0.3) is 0 Å². The Bertz CT molecular complexity index is 747. The predicted octanol–water partition coefficient (Wildman–Crippen LogP) is 2.45. The Morgan fingerprint density at radius 1 is 1.27 bits per heavy atom. The summed E-state index contributed by atoms with van der Waals surface area (Å²) in [5, 5.41) is 20.4. The molecule has 0 fully saturated rings. The predicted molar refractivity (Wildman–Crippen MR) is 116 cm³/mol. The second kappa shape index (κ2) is 11.4. The average Bonchev–Trinajstić information content (AvgIpc) is 2.97. The van der Waals surface area contributed by atoms with Gasteiger partial charge in [-0.2, -0.15) is 10.4 Å². The first-order valence-corrected chi connectivity index (χ1v) is 8.48. The maximum absolute atomic E-state index is 9.41. The summed E-state index contributed by atoms with van der Waals surface area (Å²) in [6, 6.07) is 11.8. The number of hydrogen-bond acceptors (Lipinski definition) is 4. The van der Waals surface area contributed by atoms with Crippen molar-refractivity contribution in [2.24, 2.45) is 4.99 Å². The van der Waals surface area contributed by atoms with E-state index in [0.29, 0.717) is 17.8 Å². The highest BCUT2D eigenvalue weighted by Gasteiger charge is 2.16. The van der Waals surface area contributed by atoms with E-state index in [-0.39, 0.29) is 24.0 Å². The van der Waals surface area contributed by atoms with Crippen molar-refractivity contribution in [3.63, 3.8) is 0 Å². The number of nitrogens with one attached hydrogen (secondary N) is 2. The molecule has 0 bridgehead atoms. The third-order valence-corrected chi connectivity index (χ3v) is 3.76. The molecule has 7 nitrogen and oxygen atoms in total. The van der Waals surface area contributed by atoms with Gasteiger partial charge in [0.2, 0.25) is 0 Å². The molecule has 0 aliphatic rings. The minimum atomic E-state index is 0. The van der Waals surface area contributed by atoms with Crippen molar-refractivity contribution in [1.82, 2.24) is 20.4 Å². The zero-order valence-electron chi connectivity index (χ0n) is 15.2. The van der Waals surface area contributed by atoms with E-state index in [9.17, 15) is 5.26 Å². The first kappa shape index (κ1) is 21.8. The number of hydrogen-bond donors (Lipinski definition) is 3. The minimum absolute atomic E-state index is 0. The first-order chi connectivity index (χ1) is 12.2. The van der Waals surface area contributed by atoms with Gasteiger partial charge in [-0.05, 0) is 31.4 Å². The van der Waals surface area contributed by atoms with Crippen molar-refractivity contribution in [1.29, 1.82) is 5.26 Å². The van der Waals surface area contributed by atoms with Crippen LogP contribution in [0.2, 0.25) is 0 Å². The summed E-state index contributed by atoms with van der Waals surface area (Å²) in [7, 11) is 1.75. The van der Waals surface area contributed by atoms with Crippen molar-refractivity contribution in [2.75, 3.05) is 25.9 Å². The maximum Gasteiger partial charge on any atom is 0.190 e. The molecule has 4 N–H and O–H groups in total. The van der Waals surface area contributed by atoms with Crippen molar-refractivity contribution in [2.45, 2.75) is 26.2 Å². The number of anilines is 1. The fourth-order valence-electron chi connectivity index (χ4n) is 2.47. The van der Waals surface area contributed by atoms with E-state index in [0.717, 1.165) is 43.3 Å². The van der Waals surface area contributed by atoms with E-state index in [1.807, 2.05) is 30.3 Å². The summed E-state index contributed by atoms with van der Waals surface area (Å²) in [6.07, 6.45) is 2.54. The molecule has 0 spiro atoms. The molecular formula is C18H26IN7. The van der Waals surface area contributed by atoms with Gasteiger partial charge in [-0.15, -0.1) is 24.0 Å². The highest BCUT2D eigenvalue weighted by atomic mass is 127. The van der Waals surface area contributed by atoms with E-state index in [2.05, 4.69) is 33.7 Å². The van der Waals surface area contributed by atoms with E-state index in [4.69, 9.17) is 5.73 Å². The molecule has 0 amide bonds. The van der Waals surface area contributed by atoms with E-state index in [1.165, 1.54) is 0 Å². The van der Waals surface area contributed by atoms with Crippen LogP contribution >= 0.6 is 24.0 Å². The van der Waals surface area contributed by atoms with Gasteiger partial charge in [-0.3, -0.25) is 4.99 Å². The van der Waals surface area contributed by atoms with Gasteiger partial charge in [0.15, 0.2) is 5.96 Å². The molecule has 0 aliphatic heterocycles. The minimum Gasteiger partial charge on any atom is -0.382 e. The Morgan fingerprint density at radius 3 is 2.58 bits per heavy atom. The van der Waals surface area contributed by atoms with Crippen LogP contribution in [0.1, 0.15) is 31.0 Å². The number of rotatable bonds is 7. The molecule has 0 saturated heterocycles.